The molecule has 0 bridgehead atoms. The highest BCUT2D eigenvalue weighted by Crippen LogP contribution is 2.25. The highest BCUT2D eigenvalue weighted by atomic mass is 19.1. The highest BCUT2D eigenvalue weighted by Gasteiger charge is 2.31. The molecule has 0 unspecified atom stereocenters. The molecule has 1 aliphatic rings. The zero-order chi connectivity index (χ0) is 18.1. The summed E-state index contributed by atoms with van der Waals surface area (Å²) in [6.07, 6.45) is 3.09. The topological polar surface area (TPSA) is 67.8 Å². The number of rotatable bonds is 9. The van der Waals surface area contributed by atoms with Crippen LogP contribution in [0, 0.1) is 11.7 Å². The number of benzene rings is 1. The van der Waals surface area contributed by atoms with Gasteiger partial charge in [0.15, 0.2) is 0 Å². The molecule has 1 aliphatic carbocycles. The number of carbonyl (C=O) groups excluding carboxylic acids is 1. The first-order valence-corrected chi connectivity index (χ1v) is 9.01. The molecule has 3 atom stereocenters. The predicted octanol–water partition coefficient (Wildman–Crippen LogP) is 2.41. The molecule has 0 amide bonds. The first-order chi connectivity index (χ1) is 12.1. The van der Waals surface area contributed by atoms with Crippen molar-refractivity contribution in [1.82, 2.24) is 5.32 Å². The van der Waals surface area contributed by atoms with Crippen LogP contribution in [0.5, 0.6) is 0 Å². The van der Waals surface area contributed by atoms with E-state index in [-0.39, 0.29) is 37.0 Å². The van der Waals surface area contributed by atoms with Gasteiger partial charge in [0, 0.05) is 18.2 Å². The van der Waals surface area contributed by atoms with E-state index in [4.69, 9.17) is 9.47 Å². The van der Waals surface area contributed by atoms with Crippen molar-refractivity contribution in [3.63, 3.8) is 0 Å². The Hall–Kier alpha value is -1.50. The van der Waals surface area contributed by atoms with E-state index in [1.807, 2.05) is 0 Å². The molecule has 1 aromatic carbocycles. The molecule has 0 radical (unpaired) electrons. The summed E-state index contributed by atoms with van der Waals surface area (Å²) in [5, 5.41) is 13.3. The Bertz CT molecular complexity index is 540. The lowest BCUT2D eigenvalue weighted by molar-refractivity contribution is -0.150. The molecule has 0 spiro atoms. The fourth-order valence-corrected chi connectivity index (χ4v) is 3.17. The fraction of sp³-hybridized carbons (Fsp3) is 0.632. The molecule has 25 heavy (non-hydrogen) atoms. The number of aliphatic hydroxyl groups is 1. The Kier molecular flexibility index (Phi) is 8.31. The summed E-state index contributed by atoms with van der Waals surface area (Å²) in [6.45, 7) is 2.75. The van der Waals surface area contributed by atoms with Gasteiger partial charge in [-0.15, -0.1) is 0 Å². The maximum absolute atomic E-state index is 13.5. The molecule has 1 saturated carbocycles. The van der Waals surface area contributed by atoms with E-state index in [0.717, 1.165) is 25.7 Å². The van der Waals surface area contributed by atoms with E-state index in [2.05, 4.69) is 5.32 Å². The van der Waals surface area contributed by atoms with Gasteiger partial charge in [-0.3, -0.25) is 4.79 Å². The van der Waals surface area contributed by atoms with Gasteiger partial charge in [0.25, 0.3) is 0 Å². The average molecular weight is 353 g/mol. The van der Waals surface area contributed by atoms with Crippen molar-refractivity contribution in [3.05, 3.63) is 35.6 Å². The van der Waals surface area contributed by atoms with Gasteiger partial charge in [-0.25, -0.2) is 4.39 Å². The molecule has 0 heterocycles. The van der Waals surface area contributed by atoms with Crippen LogP contribution in [-0.2, 0) is 20.9 Å². The molecule has 0 aromatic heterocycles. The van der Waals surface area contributed by atoms with Crippen molar-refractivity contribution < 1.29 is 23.8 Å². The van der Waals surface area contributed by atoms with E-state index in [1.54, 1.807) is 25.1 Å². The molecular formula is C19H28FNO4. The van der Waals surface area contributed by atoms with Crippen LogP contribution < -0.4 is 5.32 Å². The van der Waals surface area contributed by atoms with Crippen molar-refractivity contribution >= 4 is 5.97 Å². The maximum atomic E-state index is 13.5. The smallest absolute Gasteiger partial charge is 0.310 e. The van der Waals surface area contributed by atoms with Gasteiger partial charge in [-0.05, 0) is 25.8 Å². The Morgan fingerprint density at radius 1 is 1.36 bits per heavy atom. The van der Waals surface area contributed by atoms with Gasteiger partial charge in [0.1, 0.15) is 5.82 Å². The lowest BCUT2D eigenvalue weighted by Gasteiger charge is -2.31. The van der Waals surface area contributed by atoms with Gasteiger partial charge < -0.3 is 19.9 Å². The monoisotopic (exact) mass is 353 g/mol. The third-order valence-electron chi connectivity index (χ3n) is 4.50. The Labute approximate surface area is 148 Å². The summed E-state index contributed by atoms with van der Waals surface area (Å²) in [6, 6.07) is 6.44. The van der Waals surface area contributed by atoms with Crippen LogP contribution in [0.25, 0.3) is 0 Å². The molecule has 2 N–H and O–H groups in total. The summed E-state index contributed by atoms with van der Waals surface area (Å²) in [5.41, 5.74) is 0.470. The second-order valence-electron chi connectivity index (χ2n) is 6.42. The van der Waals surface area contributed by atoms with Gasteiger partial charge in [0.2, 0.25) is 0 Å². The number of ether oxygens (including phenoxy) is 2. The van der Waals surface area contributed by atoms with Crippen molar-refractivity contribution in [2.45, 2.75) is 51.4 Å². The van der Waals surface area contributed by atoms with Crippen LogP contribution in [0.2, 0.25) is 0 Å². The number of carbonyl (C=O) groups is 1. The predicted molar refractivity (Wildman–Crippen MR) is 92.4 cm³/mol. The van der Waals surface area contributed by atoms with Crippen molar-refractivity contribution in [1.29, 1.82) is 0 Å². The molecule has 5 nitrogen and oxygen atoms in total. The second-order valence-corrected chi connectivity index (χ2v) is 6.42. The molecular weight excluding hydrogens is 325 g/mol. The zero-order valence-electron chi connectivity index (χ0n) is 14.7. The Morgan fingerprint density at radius 3 is 2.88 bits per heavy atom. The van der Waals surface area contributed by atoms with Crippen LogP contribution in [-0.4, -0.2) is 43.0 Å². The molecule has 2 rings (SSSR count). The summed E-state index contributed by atoms with van der Waals surface area (Å²) in [7, 11) is 0. The molecule has 140 valence electrons. The maximum Gasteiger partial charge on any atom is 0.310 e. The largest absolute Gasteiger partial charge is 0.466 e. The van der Waals surface area contributed by atoms with Gasteiger partial charge in [-0.2, -0.15) is 0 Å². The van der Waals surface area contributed by atoms with Crippen LogP contribution in [0.4, 0.5) is 4.39 Å². The van der Waals surface area contributed by atoms with Crippen LogP contribution >= 0.6 is 0 Å². The van der Waals surface area contributed by atoms with E-state index in [1.165, 1.54) is 6.07 Å². The van der Waals surface area contributed by atoms with Crippen molar-refractivity contribution in [2.75, 3.05) is 19.8 Å². The molecule has 1 fully saturated rings. The molecule has 0 saturated heterocycles. The van der Waals surface area contributed by atoms with Gasteiger partial charge in [-0.1, -0.05) is 31.0 Å². The van der Waals surface area contributed by atoms with Crippen molar-refractivity contribution in [3.8, 4) is 0 Å². The zero-order valence-corrected chi connectivity index (χ0v) is 14.7. The fourth-order valence-electron chi connectivity index (χ4n) is 3.17. The number of halogens is 1. The number of esters is 1. The van der Waals surface area contributed by atoms with E-state index in [9.17, 15) is 14.3 Å². The van der Waals surface area contributed by atoms with E-state index >= 15 is 0 Å². The first-order valence-electron chi connectivity index (χ1n) is 9.01. The Morgan fingerprint density at radius 2 is 2.12 bits per heavy atom. The lowest BCUT2D eigenvalue weighted by atomic mass is 9.84. The molecule has 0 aliphatic heterocycles. The van der Waals surface area contributed by atoms with Crippen molar-refractivity contribution in [2.24, 2.45) is 5.92 Å². The van der Waals surface area contributed by atoms with Gasteiger partial charge >= 0.3 is 5.97 Å². The first kappa shape index (κ1) is 19.8. The third-order valence-corrected chi connectivity index (χ3v) is 4.50. The number of nitrogens with one attached hydrogen (secondary N) is 1. The van der Waals surface area contributed by atoms with E-state index in [0.29, 0.717) is 18.7 Å². The normalized spacial score (nSPS) is 21.7. The number of aliphatic hydroxyl groups excluding tert-OH is 1. The SMILES string of the molecule is CCOC(=O)[C@H]1CCCC[C@H]1NC[C@@H](O)COCc1ccccc1F. The third kappa shape index (κ3) is 6.38. The lowest BCUT2D eigenvalue weighted by Crippen LogP contribution is -2.46. The van der Waals surface area contributed by atoms with Crippen LogP contribution in [0.15, 0.2) is 24.3 Å². The number of hydrogen-bond acceptors (Lipinski definition) is 5. The van der Waals surface area contributed by atoms with Crippen LogP contribution in [0.3, 0.4) is 0 Å². The quantitative estimate of drug-likeness (QED) is 0.668. The molecule has 6 heteroatoms. The molecule has 1 aromatic rings. The minimum atomic E-state index is -0.712. The Balaban J connectivity index is 1.71. The average Bonchev–Trinajstić information content (AvgIpc) is 2.62. The second kappa shape index (κ2) is 10.5. The van der Waals surface area contributed by atoms with E-state index < -0.39 is 6.10 Å². The summed E-state index contributed by atoms with van der Waals surface area (Å²) >= 11 is 0. The standard InChI is InChI=1S/C19H28FNO4/c1-2-25-19(23)16-8-4-6-10-18(16)21-11-15(22)13-24-12-14-7-3-5-9-17(14)20/h3,5,7,9,15-16,18,21-22H,2,4,6,8,10-13H2,1H3/t15-,16+,18-/m1/s1. The highest BCUT2D eigenvalue weighted by molar-refractivity contribution is 5.73. The van der Waals surface area contributed by atoms with Gasteiger partial charge in [0.05, 0.1) is 31.8 Å². The summed E-state index contributed by atoms with van der Waals surface area (Å²) < 4.78 is 24.0. The minimum Gasteiger partial charge on any atom is -0.466 e. The minimum absolute atomic E-state index is 0.0222. The van der Waals surface area contributed by atoms with Crippen LogP contribution in [0.1, 0.15) is 38.2 Å². The summed E-state index contributed by atoms with van der Waals surface area (Å²) in [4.78, 5) is 12.0. The summed E-state index contributed by atoms with van der Waals surface area (Å²) in [5.74, 6) is -0.625. The number of hydrogen-bond donors (Lipinski definition) is 2.